The number of hydrogen-bond acceptors (Lipinski definition) is 2. The normalized spacial score (nSPS) is 17.3. The minimum atomic E-state index is 0.320. The van der Waals surface area contributed by atoms with Gasteiger partial charge < -0.3 is 14.6 Å². The van der Waals surface area contributed by atoms with Gasteiger partial charge in [0.2, 0.25) is 0 Å². The molecular weight excluding hydrogens is 224 g/mol. The maximum atomic E-state index is 5.59. The van der Waals surface area contributed by atoms with E-state index in [1.165, 1.54) is 18.4 Å². The highest BCUT2D eigenvalue weighted by Gasteiger charge is 2.31. The lowest BCUT2D eigenvalue weighted by Gasteiger charge is -2.15. The molecule has 1 heterocycles. The van der Waals surface area contributed by atoms with Gasteiger partial charge in [-0.1, -0.05) is 6.92 Å². The molecule has 0 aromatic carbocycles. The zero-order valence-electron chi connectivity index (χ0n) is 11.9. The smallest absolute Gasteiger partial charge is 0.0648 e. The second-order valence-electron chi connectivity index (χ2n) is 5.47. The van der Waals surface area contributed by atoms with E-state index >= 15 is 0 Å². The Bertz CT molecular complexity index is 355. The van der Waals surface area contributed by atoms with E-state index in [2.05, 4.69) is 49.1 Å². The summed E-state index contributed by atoms with van der Waals surface area (Å²) in [5, 5.41) is 3.60. The third-order valence-electron chi connectivity index (χ3n) is 3.45. The van der Waals surface area contributed by atoms with Gasteiger partial charge in [-0.3, -0.25) is 0 Å². The summed E-state index contributed by atoms with van der Waals surface area (Å²) in [6, 6.07) is 2.81. The van der Waals surface area contributed by atoms with E-state index in [0.717, 1.165) is 25.6 Å². The second-order valence-corrected chi connectivity index (χ2v) is 5.47. The van der Waals surface area contributed by atoms with Crippen molar-refractivity contribution in [1.82, 2.24) is 9.88 Å². The summed E-state index contributed by atoms with van der Waals surface area (Å²) in [7, 11) is 0. The first-order chi connectivity index (χ1) is 8.70. The van der Waals surface area contributed by atoms with Gasteiger partial charge >= 0.3 is 0 Å². The van der Waals surface area contributed by atoms with Gasteiger partial charge in [-0.25, -0.2) is 0 Å². The average Bonchev–Trinajstić information content (AvgIpc) is 3.06. The van der Waals surface area contributed by atoms with Gasteiger partial charge in [-0.2, -0.15) is 0 Å². The SMILES string of the molecule is CCNC(c1ccn(CCOC(C)C)c1)C1CC1. The maximum absolute atomic E-state index is 5.59. The molecule has 1 aliphatic rings. The maximum Gasteiger partial charge on any atom is 0.0648 e. The van der Waals surface area contributed by atoms with Crippen molar-refractivity contribution in [3.8, 4) is 0 Å². The Morgan fingerprint density at radius 2 is 2.22 bits per heavy atom. The molecule has 0 spiro atoms. The van der Waals surface area contributed by atoms with Crippen LogP contribution in [0.2, 0.25) is 0 Å². The monoisotopic (exact) mass is 250 g/mol. The van der Waals surface area contributed by atoms with Crippen LogP contribution in [0.25, 0.3) is 0 Å². The van der Waals surface area contributed by atoms with Gasteiger partial charge in [0, 0.05) is 25.0 Å². The predicted octanol–water partition coefficient (Wildman–Crippen LogP) is 2.97. The zero-order valence-corrected chi connectivity index (χ0v) is 11.9. The summed E-state index contributed by atoms with van der Waals surface area (Å²) >= 11 is 0. The van der Waals surface area contributed by atoms with Crippen LogP contribution in [-0.4, -0.2) is 23.8 Å². The Kier molecular flexibility index (Phi) is 4.84. The summed E-state index contributed by atoms with van der Waals surface area (Å²) in [5.74, 6) is 0.854. The highest BCUT2D eigenvalue weighted by atomic mass is 16.5. The Morgan fingerprint density at radius 1 is 1.44 bits per heavy atom. The highest BCUT2D eigenvalue weighted by Crippen LogP contribution is 2.40. The number of nitrogens with one attached hydrogen (secondary N) is 1. The standard InChI is InChI=1S/C15H26N2O/c1-4-16-15(13-5-6-13)14-7-8-17(11-14)9-10-18-12(2)3/h7-8,11-13,15-16H,4-6,9-10H2,1-3H3. The number of hydrogen-bond donors (Lipinski definition) is 1. The molecule has 1 saturated carbocycles. The van der Waals surface area contributed by atoms with Crippen LogP contribution in [0.1, 0.15) is 45.2 Å². The predicted molar refractivity (Wildman–Crippen MR) is 74.7 cm³/mol. The molecule has 102 valence electrons. The molecule has 1 N–H and O–H groups in total. The Balaban J connectivity index is 1.87. The topological polar surface area (TPSA) is 26.2 Å². The molecule has 1 aliphatic carbocycles. The van der Waals surface area contributed by atoms with Crippen LogP contribution in [0.5, 0.6) is 0 Å². The summed E-state index contributed by atoms with van der Waals surface area (Å²) in [5.41, 5.74) is 1.43. The van der Waals surface area contributed by atoms with Gasteiger partial charge in [0.15, 0.2) is 0 Å². The quantitative estimate of drug-likeness (QED) is 0.767. The molecular formula is C15H26N2O. The third-order valence-corrected chi connectivity index (χ3v) is 3.45. The molecule has 0 radical (unpaired) electrons. The van der Waals surface area contributed by atoms with Gasteiger partial charge in [-0.15, -0.1) is 0 Å². The minimum Gasteiger partial charge on any atom is -0.377 e. The van der Waals surface area contributed by atoms with Crippen molar-refractivity contribution in [2.45, 2.75) is 52.3 Å². The molecule has 0 saturated heterocycles. The molecule has 18 heavy (non-hydrogen) atoms. The van der Waals surface area contributed by atoms with E-state index < -0.39 is 0 Å². The Morgan fingerprint density at radius 3 is 2.83 bits per heavy atom. The van der Waals surface area contributed by atoms with Crippen LogP contribution in [-0.2, 0) is 11.3 Å². The van der Waals surface area contributed by atoms with Crippen molar-refractivity contribution >= 4 is 0 Å². The van der Waals surface area contributed by atoms with Gasteiger partial charge in [0.1, 0.15) is 0 Å². The molecule has 2 rings (SSSR count). The largest absolute Gasteiger partial charge is 0.377 e. The highest BCUT2D eigenvalue weighted by molar-refractivity contribution is 5.18. The summed E-state index contributed by atoms with van der Waals surface area (Å²) in [6.45, 7) is 9.12. The van der Waals surface area contributed by atoms with E-state index in [9.17, 15) is 0 Å². The van der Waals surface area contributed by atoms with E-state index in [1.54, 1.807) is 0 Å². The van der Waals surface area contributed by atoms with Crippen molar-refractivity contribution in [2.75, 3.05) is 13.2 Å². The number of nitrogens with zero attached hydrogens (tertiary/aromatic N) is 1. The lowest BCUT2D eigenvalue weighted by molar-refractivity contribution is 0.0728. The van der Waals surface area contributed by atoms with Crippen LogP contribution >= 0.6 is 0 Å². The van der Waals surface area contributed by atoms with Gasteiger partial charge in [0.25, 0.3) is 0 Å². The summed E-state index contributed by atoms with van der Waals surface area (Å²) in [6.07, 6.45) is 7.51. The van der Waals surface area contributed by atoms with Gasteiger partial charge in [0.05, 0.1) is 12.7 Å². The van der Waals surface area contributed by atoms with Crippen LogP contribution in [0.3, 0.4) is 0 Å². The Hall–Kier alpha value is -0.800. The van der Waals surface area contributed by atoms with Crippen LogP contribution in [0, 0.1) is 5.92 Å². The van der Waals surface area contributed by atoms with Crippen molar-refractivity contribution < 1.29 is 4.74 Å². The summed E-state index contributed by atoms with van der Waals surface area (Å²) in [4.78, 5) is 0. The lowest BCUT2D eigenvalue weighted by Crippen LogP contribution is -2.22. The molecule has 3 nitrogen and oxygen atoms in total. The summed E-state index contributed by atoms with van der Waals surface area (Å²) < 4.78 is 7.83. The first-order valence-corrected chi connectivity index (χ1v) is 7.21. The molecule has 1 aromatic rings. The average molecular weight is 250 g/mol. The number of ether oxygens (including phenoxy) is 1. The second kappa shape index (κ2) is 6.39. The number of rotatable bonds is 8. The van der Waals surface area contributed by atoms with Crippen molar-refractivity contribution in [2.24, 2.45) is 5.92 Å². The lowest BCUT2D eigenvalue weighted by atomic mass is 10.1. The van der Waals surface area contributed by atoms with E-state index in [4.69, 9.17) is 4.74 Å². The van der Waals surface area contributed by atoms with Crippen LogP contribution in [0.15, 0.2) is 18.5 Å². The van der Waals surface area contributed by atoms with Crippen molar-refractivity contribution in [3.63, 3.8) is 0 Å². The molecule has 1 aromatic heterocycles. The molecule has 1 atom stereocenters. The fraction of sp³-hybridized carbons (Fsp3) is 0.733. The van der Waals surface area contributed by atoms with E-state index in [-0.39, 0.29) is 0 Å². The fourth-order valence-corrected chi connectivity index (χ4v) is 2.38. The first kappa shape index (κ1) is 13.6. The van der Waals surface area contributed by atoms with Crippen LogP contribution in [0.4, 0.5) is 0 Å². The van der Waals surface area contributed by atoms with Crippen molar-refractivity contribution in [1.29, 1.82) is 0 Å². The molecule has 3 heteroatoms. The molecule has 0 aliphatic heterocycles. The molecule has 1 fully saturated rings. The fourth-order valence-electron chi connectivity index (χ4n) is 2.38. The molecule has 0 bridgehead atoms. The molecule has 0 amide bonds. The Labute approximate surface area is 111 Å². The zero-order chi connectivity index (χ0) is 13.0. The van der Waals surface area contributed by atoms with Gasteiger partial charge in [-0.05, 0) is 50.8 Å². The van der Waals surface area contributed by atoms with E-state index in [1.807, 2.05) is 0 Å². The first-order valence-electron chi connectivity index (χ1n) is 7.21. The third kappa shape index (κ3) is 3.85. The molecule has 1 unspecified atom stereocenters. The van der Waals surface area contributed by atoms with Crippen LogP contribution < -0.4 is 5.32 Å². The van der Waals surface area contributed by atoms with Crippen molar-refractivity contribution in [3.05, 3.63) is 24.0 Å². The number of aromatic nitrogens is 1. The van der Waals surface area contributed by atoms with E-state index in [0.29, 0.717) is 12.1 Å². The minimum absolute atomic E-state index is 0.320.